The summed E-state index contributed by atoms with van der Waals surface area (Å²) in [7, 11) is 0. The maximum atomic E-state index is 5.59. The van der Waals surface area contributed by atoms with Crippen molar-refractivity contribution in [3.05, 3.63) is 30.1 Å². The molecule has 0 spiro atoms. The van der Waals surface area contributed by atoms with Gasteiger partial charge in [0.15, 0.2) is 0 Å². The molecule has 1 aromatic heterocycles. The molecule has 1 rings (SSSR count). The Balaban J connectivity index is 2.18. The van der Waals surface area contributed by atoms with Crippen molar-refractivity contribution in [3.63, 3.8) is 0 Å². The van der Waals surface area contributed by atoms with Crippen molar-refractivity contribution >= 4 is 0 Å². The van der Waals surface area contributed by atoms with Crippen LogP contribution < -0.4 is 11.3 Å². The first-order valence-corrected chi connectivity index (χ1v) is 6.71. The van der Waals surface area contributed by atoms with Gasteiger partial charge in [-0.1, -0.05) is 32.6 Å². The molecule has 0 radical (unpaired) electrons. The van der Waals surface area contributed by atoms with E-state index in [2.05, 4.69) is 29.5 Å². The number of hydrogen-bond acceptors (Lipinski definition) is 3. The fourth-order valence-corrected chi connectivity index (χ4v) is 2.02. The first-order valence-electron chi connectivity index (χ1n) is 6.71. The van der Waals surface area contributed by atoms with Crippen molar-refractivity contribution in [2.45, 2.75) is 57.9 Å². The van der Waals surface area contributed by atoms with Gasteiger partial charge < -0.3 is 0 Å². The van der Waals surface area contributed by atoms with Gasteiger partial charge in [0, 0.05) is 18.4 Å². The summed E-state index contributed by atoms with van der Waals surface area (Å²) in [6, 6.07) is 4.59. The minimum absolute atomic E-state index is 0.444. The number of rotatable bonds is 9. The molecule has 0 aromatic carbocycles. The Hall–Kier alpha value is -0.930. The van der Waals surface area contributed by atoms with E-state index in [-0.39, 0.29) is 0 Å². The van der Waals surface area contributed by atoms with E-state index in [1.165, 1.54) is 37.7 Å². The van der Waals surface area contributed by atoms with E-state index in [0.29, 0.717) is 6.04 Å². The van der Waals surface area contributed by atoms with Crippen LogP contribution in [0.1, 0.15) is 51.0 Å². The highest BCUT2D eigenvalue weighted by molar-refractivity contribution is 5.09. The van der Waals surface area contributed by atoms with Gasteiger partial charge in [0.05, 0.1) is 0 Å². The topological polar surface area (TPSA) is 50.9 Å². The molecule has 0 aliphatic carbocycles. The first-order chi connectivity index (χ1) is 8.36. The van der Waals surface area contributed by atoms with Gasteiger partial charge in [-0.2, -0.15) is 0 Å². The second kappa shape index (κ2) is 9.14. The van der Waals surface area contributed by atoms with Crippen LogP contribution in [0.25, 0.3) is 0 Å². The summed E-state index contributed by atoms with van der Waals surface area (Å²) < 4.78 is 0. The molecule has 0 fully saturated rings. The zero-order valence-electron chi connectivity index (χ0n) is 10.9. The molecule has 0 amide bonds. The molecule has 0 saturated carbocycles. The van der Waals surface area contributed by atoms with Crippen LogP contribution in [-0.2, 0) is 6.42 Å². The number of hydrogen-bond donors (Lipinski definition) is 2. The number of nitrogens with one attached hydrogen (secondary N) is 1. The Labute approximate surface area is 105 Å². The second-order valence-electron chi connectivity index (χ2n) is 4.61. The fourth-order valence-electron chi connectivity index (χ4n) is 2.02. The number of nitrogens with two attached hydrogens (primary N) is 1. The van der Waals surface area contributed by atoms with Gasteiger partial charge in [0.1, 0.15) is 0 Å². The maximum absolute atomic E-state index is 5.59. The van der Waals surface area contributed by atoms with Crippen LogP contribution in [0.3, 0.4) is 0 Å². The third-order valence-electron chi connectivity index (χ3n) is 3.17. The molecule has 1 aromatic rings. The highest BCUT2D eigenvalue weighted by atomic mass is 15.2. The number of aryl methyl sites for hydroxylation is 1. The standard InChI is InChI=1S/C14H25N3/c1-2-3-4-5-6-14(17-15)8-7-13-9-11-16-12-10-13/h9-12,14,17H,2-8,15H2,1H3. The molecule has 1 heterocycles. The summed E-state index contributed by atoms with van der Waals surface area (Å²) >= 11 is 0. The molecule has 17 heavy (non-hydrogen) atoms. The molecule has 3 nitrogen and oxygen atoms in total. The van der Waals surface area contributed by atoms with Crippen LogP contribution in [0.5, 0.6) is 0 Å². The quantitative estimate of drug-likeness (QED) is 0.393. The highest BCUT2D eigenvalue weighted by Crippen LogP contribution is 2.10. The van der Waals surface area contributed by atoms with Crippen LogP contribution in [0, 0.1) is 0 Å². The van der Waals surface area contributed by atoms with E-state index in [1.54, 1.807) is 0 Å². The fraction of sp³-hybridized carbons (Fsp3) is 0.643. The van der Waals surface area contributed by atoms with Gasteiger partial charge in [-0.25, -0.2) is 0 Å². The van der Waals surface area contributed by atoms with Crippen molar-refractivity contribution in [1.29, 1.82) is 0 Å². The van der Waals surface area contributed by atoms with Crippen LogP contribution in [-0.4, -0.2) is 11.0 Å². The number of pyridine rings is 1. The Morgan fingerprint density at radius 1 is 1.18 bits per heavy atom. The van der Waals surface area contributed by atoms with Crippen LogP contribution >= 0.6 is 0 Å². The van der Waals surface area contributed by atoms with E-state index < -0.39 is 0 Å². The zero-order valence-corrected chi connectivity index (χ0v) is 10.9. The smallest absolute Gasteiger partial charge is 0.0270 e. The molecule has 0 saturated heterocycles. The van der Waals surface area contributed by atoms with E-state index in [0.717, 1.165) is 12.8 Å². The van der Waals surface area contributed by atoms with Crippen molar-refractivity contribution in [2.75, 3.05) is 0 Å². The monoisotopic (exact) mass is 235 g/mol. The lowest BCUT2D eigenvalue weighted by Gasteiger charge is -2.15. The zero-order chi connectivity index (χ0) is 12.3. The minimum atomic E-state index is 0.444. The van der Waals surface area contributed by atoms with Crippen LogP contribution in [0.2, 0.25) is 0 Å². The number of hydrazine groups is 1. The average Bonchev–Trinajstić information content (AvgIpc) is 2.39. The van der Waals surface area contributed by atoms with Crippen molar-refractivity contribution in [1.82, 2.24) is 10.4 Å². The van der Waals surface area contributed by atoms with Crippen molar-refractivity contribution in [2.24, 2.45) is 5.84 Å². The van der Waals surface area contributed by atoms with Gasteiger partial charge in [-0.05, 0) is 37.0 Å². The van der Waals surface area contributed by atoms with Gasteiger partial charge in [-0.3, -0.25) is 16.3 Å². The van der Waals surface area contributed by atoms with E-state index in [4.69, 9.17) is 5.84 Å². The Morgan fingerprint density at radius 3 is 2.59 bits per heavy atom. The lowest BCUT2D eigenvalue weighted by Crippen LogP contribution is -2.35. The predicted octanol–water partition coefficient (Wildman–Crippen LogP) is 2.82. The first kappa shape index (κ1) is 14.1. The molecular weight excluding hydrogens is 210 g/mol. The lowest BCUT2D eigenvalue weighted by molar-refractivity contribution is 0.441. The molecule has 0 aliphatic rings. The second-order valence-corrected chi connectivity index (χ2v) is 4.61. The number of nitrogens with zero attached hydrogens (tertiary/aromatic N) is 1. The van der Waals surface area contributed by atoms with E-state index >= 15 is 0 Å². The lowest BCUT2D eigenvalue weighted by atomic mass is 10.0. The largest absolute Gasteiger partial charge is 0.271 e. The molecule has 3 heteroatoms. The Morgan fingerprint density at radius 2 is 1.94 bits per heavy atom. The van der Waals surface area contributed by atoms with Crippen molar-refractivity contribution < 1.29 is 0 Å². The SMILES string of the molecule is CCCCCCC(CCc1ccncc1)NN. The number of unbranched alkanes of at least 4 members (excludes halogenated alkanes) is 3. The van der Waals surface area contributed by atoms with Crippen molar-refractivity contribution in [3.8, 4) is 0 Å². The third kappa shape index (κ3) is 6.39. The summed E-state index contributed by atoms with van der Waals surface area (Å²) in [5, 5.41) is 0. The molecule has 0 aliphatic heterocycles. The summed E-state index contributed by atoms with van der Waals surface area (Å²) in [6.07, 6.45) is 12.3. The van der Waals surface area contributed by atoms with Crippen LogP contribution in [0.4, 0.5) is 0 Å². The summed E-state index contributed by atoms with van der Waals surface area (Å²) in [6.45, 7) is 2.24. The highest BCUT2D eigenvalue weighted by Gasteiger charge is 2.06. The summed E-state index contributed by atoms with van der Waals surface area (Å²) in [5.74, 6) is 5.59. The van der Waals surface area contributed by atoms with Gasteiger partial charge >= 0.3 is 0 Å². The average molecular weight is 235 g/mol. The van der Waals surface area contributed by atoms with Gasteiger partial charge in [-0.15, -0.1) is 0 Å². The van der Waals surface area contributed by atoms with E-state index in [9.17, 15) is 0 Å². The Kier molecular flexibility index (Phi) is 7.60. The van der Waals surface area contributed by atoms with Gasteiger partial charge in [0.2, 0.25) is 0 Å². The molecular formula is C14H25N3. The maximum Gasteiger partial charge on any atom is 0.0270 e. The molecule has 1 unspecified atom stereocenters. The number of aromatic nitrogens is 1. The summed E-state index contributed by atoms with van der Waals surface area (Å²) in [5.41, 5.74) is 4.28. The van der Waals surface area contributed by atoms with Crippen LogP contribution in [0.15, 0.2) is 24.5 Å². The Bertz CT molecular complexity index is 274. The summed E-state index contributed by atoms with van der Waals surface area (Å²) in [4.78, 5) is 4.02. The molecule has 96 valence electrons. The molecule has 1 atom stereocenters. The third-order valence-corrected chi connectivity index (χ3v) is 3.17. The molecule has 0 bridgehead atoms. The predicted molar refractivity (Wildman–Crippen MR) is 72.4 cm³/mol. The van der Waals surface area contributed by atoms with Gasteiger partial charge in [0.25, 0.3) is 0 Å². The normalized spacial score (nSPS) is 12.6. The van der Waals surface area contributed by atoms with E-state index in [1.807, 2.05) is 12.4 Å². The molecule has 3 N–H and O–H groups in total. The minimum Gasteiger partial charge on any atom is -0.271 e.